The first-order chi connectivity index (χ1) is 40.9. The number of hydrogen-bond donors (Lipinski definition) is 7. The van der Waals surface area contributed by atoms with Crippen molar-refractivity contribution in [3.63, 3.8) is 0 Å². The van der Waals surface area contributed by atoms with E-state index < -0.39 is 23.8 Å². The first-order valence-electron chi connectivity index (χ1n) is 27.1. The van der Waals surface area contributed by atoms with Crippen molar-refractivity contribution in [1.82, 2.24) is 61.1 Å². The third kappa shape index (κ3) is 13.6. The molecule has 0 aliphatic carbocycles. The first kappa shape index (κ1) is 60.3. The first-order valence-corrected chi connectivity index (χ1v) is 27.1. The van der Waals surface area contributed by atoms with Gasteiger partial charge in [0.05, 0.1) is 45.9 Å². The molecule has 0 spiro atoms. The summed E-state index contributed by atoms with van der Waals surface area (Å²) < 4.78 is 5.39. The molecule has 430 valence electrons. The van der Waals surface area contributed by atoms with Gasteiger partial charge in [0, 0.05) is 78.6 Å². The fourth-order valence-electron chi connectivity index (χ4n) is 9.52. The lowest BCUT2D eigenvalue weighted by atomic mass is 9.92. The average molecular weight is 1140 g/mol. The molecule has 85 heavy (non-hydrogen) atoms. The highest BCUT2D eigenvalue weighted by molar-refractivity contribution is 6.13. The Morgan fingerprint density at radius 1 is 0.529 bits per heavy atom. The van der Waals surface area contributed by atoms with Crippen molar-refractivity contribution in [2.75, 3.05) is 32.2 Å². The summed E-state index contributed by atoms with van der Waals surface area (Å²) in [5, 5.41) is 25.7. The minimum absolute atomic E-state index is 0.0830. The summed E-state index contributed by atoms with van der Waals surface area (Å²) in [6.07, 6.45) is 5.65. The van der Waals surface area contributed by atoms with Crippen molar-refractivity contribution in [1.29, 1.82) is 5.26 Å². The van der Waals surface area contributed by atoms with Gasteiger partial charge in [-0.05, 0) is 94.6 Å². The highest BCUT2D eigenvalue weighted by Gasteiger charge is 2.29. The van der Waals surface area contributed by atoms with Crippen LogP contribution in [0.4, 0.5) is 16.4 Å². The molecule has 0 aliphatic rings. The van der Waals surface area contributed by atoms with Crippen LogP contribution in [0.25, 0.3) is 66.5 Å². The van der Waals surface area contributed by atoms with Gasteiger partial charge in [0.15, 0.2) is 16.9 Å². The molecule has 9 N–H and O–H groups in total. The molecule has 10 aromatic rings. The summed E-state index contributed by atoms with van der Waals surface area (Å²) in [4.78, 5) is 86.1. The summed E-state index contributed by atoms with van der Waals surface area (Å²) in [7, 11) is 4.79. The van der Waals surface area contributed by atoms with Crippen LogP contribution in [0.15, 0.2) is 152 Å². The summed E-state index contributed by atoms with van der Waals surface area (Å²) >= 11 is 0. The van der Waals surface area contributed by atoms with Crippen molar-refractivity contribution in [3.05, 3.63) is 192 Å². The predicted octanol–water partition coefficient (Wildman–Crippen LogP) is 9.99. The van der Waals surface area contributed by atoms with Gasteiger partial charge in [-0.15, -0.1) is 0 Å². The number of fused-ring (bicyclic) bond motifs is 3. The SMILES string of the molecule is CNC(=O)c1c(-c2ccccc2)c(C(C)N)nc2ncccc12.CNC(=O)c1c(-c2ccccc2)c(C(C)NC(=O)OC(C)(C)C)nc2ncccc12.CNC(=O)c1c(-c2ccccc2)c(C(C)Nc2ncnc(N)c2C#N)nc2ncccc12. The number of carbonyl (C=O) groups excluding carboxylic acids is 4. The Morgan fingerprint density at radius 3 is 1.27 bits per heavy atom. The molecule has 7 heterocycles. The van der Waals surface area contributed by atoms with Gasteiger partial charge in [-0.25, -0.2) is 44.7 Å². The molecule has 0 fully saturated rings. The molecule has 10 rings (SSSR count). The van der Waals surface area contributed by atoms with E-state index in [9.17, 15) is 24.4 Å². The second-order valence-electron chi connectivity index (χ2n) is 20.3. The number of alkyl carbamates (subject to hydrolysis) is 1. The van der Waals surface area contributed by atoms with Crippen molar-refractivity contribution < 1.29 is 23.9 Å². The number of anilines is 2. The van der Waals surface area contributed by atoms with Crippen LogP contribution in [0.5, 0.6) is 0 Å². The Labute approximate surface area is 491 Å². The molecule has 0 saturated heterocycles. The number of rotatable bonds is 12. The molecule has 3 atom stereocenters. The summed E-state index contributed by atoms with van der Waals surface area (Å²) in [6.45, 7) is 10.9. The van der Waals surface area contributed by atoms with E-state index in [2.05, 4.69) is 56.5 Å². The molecule has 0 radical (unpaired) electrons. The van der Waals surface area contributed by atoms with E-state index in [-0.39, 0.29) is 41.0 Å². The van der Waals surface area contributed by atoms with Crippen LogP contribution in [0.3, 0.4) is 0 Å². The lowest BCUT2D eigenvalue weighted by Crippen LogP contribution is -2.34. The number of nitrogens with two attached hydrogens (primary N) is 2. The van der Waals surface area contributed by atoms with Crippen LogP contribution in [0.1, 0.15) is 113 Å². The number of hydrogen-bond acceptors (Lipinski definition) is 17. The maximum absolute atomic E-state index is 13.0. The van der Waals surface area contributed by atoms with Crippen LogP contribution in [0.2, 0.25) is 0 Å². The molecular formula is C64H64N16O5. The Kier molecular flexibility index (Phi) is 19.0. The second-order valence-corrected chi connectivity index (χ2v) is 20.3. The lowest BCUT2D eigenvalue weighted by Gasteiger charge is -2.24. The minimum Gasteiger partial charge on any atom is -0.444 e. The van der Waals surface area contributed by atoms with Gasteiger partial charge in [-0.1, -0.05) is 91.0 Å². The van der Waals surface area contributed by atoms with E-state index in [1.165, 1.54) is 6.33 Å². The van der Waals surface area contributed by atoms with Gasteiger partial charge >= 0.3 is 6.09 Å². The molecule has 0 bridgehead atoms. The molecule has 0 aliphatic heterocycles. The largest absolute Gasteiger partial charge is 0.444 e. The molecular weight excluding hydrogens is 1070 g/mol. The molecule has 7 aromatic heterocycles. The number of nitrogens with one attached hydrogen (secondary N) is 5. The van der Waals surface area contributed by atoms with Gasteiger partial charge in [-0.3, -0.25) is 14.4 Å². The van der Waals surface area contributed by atoms with E-state index in [1.54, 1.807) is 85.6 Å². The molecule has 21 nitrogen and oxygen atoms in total. The number of nitrogens with zero attached hydrogens (tertiary/aromatic N) is 9. The highest BCUT2D eigenvalue weighted by Crippen LogP contribution is 2.38. The monoisotopic (exact) mass is 1140 g/mol. The molecule has 4 amide bonds. The number of amides is 4. The molecule has 3 unspecified atom stereocenters. The highest BCUT2D eigenvalue weighted by atomic mass is 16.6. The normalized spacial score (nSPS) is 12.0. The summed E-state index contributed by atoms with van der Waals surface area (Å²) in [5.41, 5.74) is 20.8. The van der Waals surface area contributed by atoms with E-state index in [4.69, 9.17) is 26.2 Å². The zero-order chi connectivity index (χ0) is 61.0. The van der Waals surface area contributed by atoms with Crippen molar-refractivity contribution in [2.45, 2.75) is 65.3 Å². The number of pyridine rings is 6. The van der Waals surface area contributed by atoms with Gasteiger partial charge in [0.1, 0.15) is 35.2 Å². The van der Waals surface area contributed by atoms with Crippen LogP contribution >= 0.6 is 0 Å². The molecule has 3 aromatic carbocycles. The van der Waals surface area contributed by atoms with E-state index in [1.807, 2.05) is 129 Å². The molecule has 21 heteroatoms. The van der Waals surface area contributed by atoms with E-state index >= 15 is 0 Å². The quantitative estimate of drug-likeness (QED) is 0.0598. The van der Waals surface area contributed by atoms with E-state index in [0.717, 1.165) is 27.6 Å². The van der Waals surface area contributed by atoms with Gasteiger partial charge < -0.3 is 42.8 Å². The Hall–Kier alpha value is -10.9. The van der Waals surface area contributed by atoms with Crippen LogP contribution < -0.4 is 38.1 Å². The summed E-state index contributed by atoms with van der Waals surface area (Å²) in [6, 6.07) is 40.4. The third-order valence-corrected chi connectivity index (χ3v) is 13.2. The van der Waals surface area contributed by atoms with Crippen LogP contribution in [-0.2, 0) is 4.74 Å². The standard InChI is InChI=1S/C23H20N8O.C23H26N4O3.C18H18N4O/c1-13(30-22-16(11-24)20(25)28-12-29-22)19-17(14-7-4-3-5-8-14)18(23(32)26-2)15-9-6-10-27-21(15)31-19;1-14(26-22(29)30-23(2,3)4)19-17(15-10-7-6-8-11-15)18(21(28)24-5)16-12-9-13-25-20(16)27-19;1-11(19)16-14(12-7-4-3-5-8-12)15(18(23)20-2)13-9-6-10-21-17(13)22-16/h3-10,12-13H,1-2H3,(H,26,32)(H3,25,28,29,30);6-14H,1-5H3,(H,24,28)(H,26,29);3-11H,19H2,1-2H3,(H,20,23). The van der Waals surface area contributed by atoms with Gasteiger partial charge in [-0.2, -0.15) is 5.26 Å². The Morgan fingerprint density at radius 2 is 0.906 bits per heavy atom. The maximum Gasteiger partial charge on any atom is 0.408 e. The van der Waals surface area contributed by atoms with Crippen molar-refractivity contribution in [2.24, 2.45) is 5.73 Å². The number of nitrogen functional groups attached to an aromatic ring is 1. The van der Waals surface area contributed by atoms with E-state index in [0.29, 0.717) is 72.6 Å². The average Bonchev–Trinajstić information content (AvgIpc) is 1.70. The number of benzene rings is 3. The summed E-state index contributed by atoms with van der Waals surface area (Å²) in [5.74, 6) is -0.302. The van der Waals surface area contributed by atoms with Gasteiger partial charge in [0.25, 0.3) is 17.7 Å². The fraction of sp³-hybridized carbons (Fsp3) is 0.203. The Bertz CT molecular complexity index is 4120. The van der Waals surface area contributed by atoms with Crippen LogP contribution in [-0.4, -0.2) is 90.4 Å². The lowest BCUT2D eigenvalue weighted by molar-refractivity contribution is 0.0506. The number of aromatic nitrogens is 8. The van der Waals surface area contributed by atoms with Gasteiger partial charge in [0.2, 0.25) is 0 Å². The van der Waals surface area contributed by atoms with Crippen molar-refractivity contribution >= 4 is 68.6 Å². The smallest absolute Gasteiger partial charge is 0.408 e. The second kappa shape index (κ2) is 26.8. The number of ether oxygens (including phenoxy) is 1. The number of carbonyl (C=O) groups is 4. The zero-order valence-corrected chi connectivity index (χ0v) is 48.4. The maximum atomic E-state index is 13.0. The zero-order valence-electron chi connectivity index (χ0n) is 48.4. The van der Waals surface area contributed by atoms with Crippen LogP contribution in [0, 0.1) is 11.3 Å². The molecule has 0 saturated carbocycles. The Balaban J connectivity index is 0.000000168. The topological polar surface area (TPSA) is 317 Å². The van der Waals surface area contributed by atoms with Crippen molar-refractivity contribution in [3.8, 4) is 39.4 Å². The third-order valence-electron chi connectivity index (χ3n) is 13.2. The fourth-order valence-corrected chi connectivity index (χ4v) is 9.52. The number of nitriles is 1. The predicted molar refractivity (Wildman–Crippen MR) is 329 cm³/mol. The minimum atomic E-state index is -0.627.